The molecule has 9 heteroatoms. The minimum absolute atomic E-state index is 0.240. The van der Waals surface area contributed by atoms with Gasteiger partial charge in [-0.3, -0.25) is 19.3 Å². The van der Waals surface area contributed by atoms with Crippen LogP contribution in [0.5, 0.6) is 0 Å². The molecule has 7 nitrogen and oxygen atoms in total. The minimum atomic E-state index is -0.483. The van der Waals surface area contributed by atoms with E-state index in [1.54, 1.807) is 46.0 Å². The van der Waals surface area contributed by atoms with Crippen LogP contribution in [0.4, 0.5) is 14.9 Å². The van der Waals surface area contributed by atoms with Gasteiger partial charge >= 0.3 is 0 Å². The summed E-state index contributed by atoms with van der Waals surface area (Å²) in [5, 5.41) is -0.461. The van der Waals surface area contributed by atoms with Crippen LogP contribution in [0.25, 0.3) is 11.8 Å². The van der Waals surface area contributed by atoms with E-state index in [9.17, 15) is 18.8 Å². The first kappa shape index (κ1) is 22.9. The molecule has 3 aromatic rings. The van der Waals surface area contributed by atoms with Gasteiger partial charge in [-0.05, 0) is 66.4 Å². The van der Waals surface area contributed by atoms with Gasteiger partial charge in [-0.15, -0.1) is 0 Å². The molecule has 2 aliphatic heterocycles. The Bertz CT molecular complexity index is 1280. The fourth-order valence-electron chi connectivity index (χ4n) is 4.21. The second-order valence-electron chi connectivity index (χ2n) is 8.25. The lowest BCUT2D eigenvalue weighted by molar-refractivity contribution is -0.136. The number of hydrogen-bond donors (Lipinski definition) is 0. The highest BCUT2D eigenvalue weighted by atomic mass is 32.2. The first-order valence-corrected chi connectivity index (χ1v) is 12.1. The number of thioether (sulfide) groups is 1. The van der Waals surface area contributed by atoms with Gasteiger partial charge in [-0.2, -0.15) is 0 Å². The predicted octanol–water partition coefficient (Wildman–Crippen LogP) is 4.00. The van der Waals surface area contributed by atoms with Crippen molar-refractivity contribution in [3.63, 3.8) is 0 Å². The SMILES string of the molecule is O=C(CN1C(=O)S/C(=C/c2cccn2-c2ccc(F)cc2)C1=O)N1CCN(c2ccccc2)CC1. The molecule has 0 atom stereocenters. The maximum absolute atomic E-state index is 13.3. The zero-order valence-corrected chi connectivity index (χ0v) is 19.7. The molecule has 0 unspecified atom stereocenters. The molecule has 2 saturated heterocycles. The molecular weight excluding hydrogens is 467 g/mol. The van der Waals surface area contributed by atoms with Gasteiger partial charge in [0.1, 0.15) is 12.4 Å². The van der Waals surface area contributed by atoms with E-state index in [1.807, 2.05) is 30.3 Å². The lowest BCUT2D eigenvalue weighted by Crippen LogP contribution is -2.51. The number of amides is 3. The summed E-state index contributed by atoms with van der Waals surface area (Å²) in [6.45, 7) is 2.18. The van der Waals surface area contributed by atoms with Crippen molar-refractivity contribution in [2.45, 2.75) is 0 Å². The van der Waals surface area contributed by atoms with Crippen LogP contribution in [0.1, 0.15) is 5.69 Å². The van der Waals surface area contributed by atoms with Crippen LogP contribution in [0.15, 0.2) is 77.8 Å². The van der Waals surface area contributed by atoms with Crippen molar-refractivity contribution < 1.29 is 18.8 Å². The minimum Gasteiger partial charge on any atom is -0.368 e. The molecule has 2 aliphatic rings. The van der Waals surface area contributed by atoms with E-state index in [0.717, 1.165) is 28.0 Å². The predicted molar refractivity (Wildman–Crippen MR) is 134 cm³/mol. The fourth-order valence-corrected chi connectivity index (χ4v) is 5.03. The number of anilines is 1. The summed E-state index contributed by atoms with van der Waals surface area (Å²) < 4.78 is 15.1. The Morgan fingerprint density at radius 1 is 0.886 bits per heavy atom. The number of nitrogens with zero attached hydrogens (tertiary/aromatic N) is 4. The molecule has 0 saturated carbocycles. The first-order chi connectivity index (χ1) is 17.0. The van der Waals surface area contributed by atoms with Crippen molar-refractivity contribution in [2.24, 2.45) is 0 Å². The van der Waals surface area contributed by atoms with E-state index in [2.05, 4.69) is 4.90 Å². The Balaban J connectivity index is 1.24. The number of para-hydroxylation sites is 1. The Morgan fingerprint density at radius 3 is 2.31 bits per heavy atom. The molecule has 2 fully saturated rings. The highest BCUT2D eigenvalue weighted by Gasteiger charge is 2.37. The van der Waals surface area contributed by atoms with E-state index < -0.39 is 11.1 Å². The maximum atomic E-state index is 13.3. The quantitative estimate of drug-likeness (QED) is 0.506. The molecule has 35 heavy (non-hydrogen) atoms. The summed E-state index contributed by atoms with van der Waals surface area (Å²) in [6.07, 6.45) is 3.42. The zero-order valence-electron chi connectivity index (χ0n) is 18.8. The largest absolute Gasteiger partial charge is 0.368 e. The smallest absolute Gasteiger partial charge is 0.294 e. The van der Waals surface area contributed by atoms with E-state index in [4.69, 9.17) is 0 Å². The van der Waals surface area contributed by atoms with Crippen molar-refractivity contribution in [3.05, 3.63) is 89.3 Å². The highest BCUT2D eigenvalue weighted by Crippen LogP contribution is 2.32. The fraction of sp³-hybridized carbons (Fsp3) is 0.192. The monoisotopic (exact) mass is 490 g/mol. The Labute approximate surface area is 206 Å². The second-order valence-corrected chi connectivity index (χ2v) is 9.24. The third-order valence-corrected chi connectivity index (χ3v) is 6.99. The highest BCUT2D eigenvalue weighted by molar-refractivity contribution is 8.18. The second kappa shape index (κ2) is 9.79. The number of piperazine rings is 1. The average molecular weight is 491 g/mol. The molecule has 1 aromatic heterocycles. The number of hydrogen-bond acceptors (Lipinski definition) is 5. The van der Waals surface area contributed by atoms with E-state index in [1.165, 1.54) is 12.1 Å². The van der Waals surface area contributed by atoms with Gasteiger partial charge in [0, 0.05) is 49.4 Å². The number of halogens is 1. The standard InChI is InChI=1S/C26H23FN4O3S/c27-19-8-10-21(11-9-19)30-12-4-7-22(30)17-23-25(33)31(26(34)35-23)18-24(32)29-15-13-28(14-16-29)20-5-2-1-3-6-20/h1-12,17H,13-16,18H2/b23-17+. The Hall–Kier alpha value is -3.85. The summed E-state index contributed by atoms with van der Waals surface area (Å²) in [6, 6.07) is 19.6. The molecule has 0 bridgehead atoms. The summed E-state index contributed by atoms with van der Waals surface area (Å²) in [4.78, 5) is 43.6. The van der Waals surface area contributed by atoms with E-state index >= 15 is 0 Å². The van der Waals surface area contributed by atoms with Crippen molar-refractivity contribution in [3.8, 4) is 5.69 Å². The van der Waals surface area contributed by atoms with Crippen molar-refractivity contribution in [1.29, 1.82) is 0 Å². The van der Waals surface area contributed by atoms with Crippen LogP contribution in [0.2, 0.25) is 0 Å². The molecule has 5 rings (SSSR count). The summed E-state index contributed by atoms with van der Waals surface area (Å²) in [5.41, 5.74) is 2.51. The normalized spacial score (nSPS) is 17.5. The Morgan fingerprint density at radius 2 is 1.60 bits per heavy atom. The third kappa shape index (κ3) is 4.85. The van der Waals surface area contributed by atoms with Crippen LogP contribution in [0.3, 0.4) is 0 Å². The van der Waals surface area contributed by atoms with E-state index in [-0.39, 0.29) is 23.2 Å². The van der Waals surface area contributed by atoms with Gasteiger partial charge in [-0.1, -0.05) is 18.2 Å². The number of aromatic nitrogens is 1. The van der Waals surface area contributed by atoms with Gasteiger partial charge in [-0.25, -0.2) is 4.39 Å². The van der Waals surface area contributed by atoms with Crippen LogP contribution in [0, 0.1) is 5.82 Å². The average Bonchev–Trinajstić information content (AvgIpc) is 3.45. The van der Waals surface area contributed by atoms with Crippen LogP contribution in [-0.4, -0.2) is 64.1 Å². The zero-order chi connectivity index (χ0) is 24.4. The lowest BCUT2D eigenvalue weighted by atomic mass is 10.2. The van der Waals surface area contributed by atoms with Crippen molar-refractivity contribution >= 4 is 40.6 Å². The molecule has 3 amide bonds. The third-order valence-electron chi connectivity index (χ3n) is 6.08. The maximum Gasteiger partial charge on any atom is 0.294 e. The van der Waals surface area contributed by atoms with Gasteiger partial charge in [0.05, 0.1) is 4.91 Å². The molecule has 0 N–H and O–H groups in total. The molecule has 2 aromatic carbocycles. The molecule has 0 aliphatic carbocycles. The van der Waals surface area contributed by atoms with Gasteiger partial charge in [0.25, 0.3) is 11.1 Å². The molecular formula is C26H23FN4O3S. The number of rotatable bonds is 5. The van der Waals surface area contributed by atoms with Gasteiger partial charge in [0.15, 0.2) is 0 Å². The van der Waals surface area contributed by atoms with Gasteiger partial charge in [0.2, 0.25) is 5.91 Å². The first-order valence-electron chi connectivity index (χ1n) is 11.3. The molecule has 0 spiro atoms. The van der Waals surface area contributed by atoms with Crippen molar-refractivity contribution in [2.75, 3.05) is 37.6 Å². The van der Waals surface area contributed by atoms with Crippen LogP contribution >= 0.6 is 11.8 Å². The lowest BCUT2D eigenvalue weighted by Gasteiger charge is -2.36. The number of carbonyl (C=O) groups is 3. The van der Waals surface area contributed by atoms with Gasteiger partial charge < -0.3 is 14.4 Å². The molecule has 3 heterocycles. The van der Waals surface area contributed by atoms with Crippen LogP contribution in [-0.2, 0) is 9.59 Å². The molecule has 0 radical (unpaired) electrons. The van der Waals surface area contributed by atoms with Crippen molar-refractivity contribution in [1.82, 2.24) is 14.4 Å². The number of carbonyl (C=O) groups excluding carboxylic acids is 3. The van der Waals surface area contributed by atoms with Crippen LogP contribution < -0.4 is 4.90 Å². The topological polar surface area (TPSA) is 65.9 Å². The summed E-state index contributed by atoms with van der Waals surface area (Å²) in [7, 11) is 0. The summed E-state index contributed by atoms with van der Waals surface area (Å²) >= 11 is 0.819. The van der Waals surface area contributed by atoms with E-state index in [0.29, 0.717) is 31.9 Å². The molecule has 178 valence electrons. The number of benzene rings is 2. The Kier molecular flexibility index (Phi) is 6.41. The number of imide groups is 1. The summed E-state index contributed by atoms with van der Waals surface area (Å²) in [5.74, 6) is -1.06.